The maximum absolute atomic E-state index is 11.5. The molecule has 0 fully saturated rings. The normalized spacial score (nSPS) is 12.2. The first-order valence-electron chi connectivity index (χ1n) is 6.37. The topological polar surface area (TPSA) is 126 Å². The third-order valence-electron chi connectivity index (χ3n) is 2.31. The molecule has 0 aliphatic carbocycles. The molecule has 10 heteroatoms. The molecular formula is C11H21N5O4S. The lowest BCUT2D eigenvalue weighted by Gasteiger charge is -2.10. The molecule has 0 aliphatic rings. The Morgan fingerprint density at radius 1 is 1.24 bits per heavy atom. The van der Waals surface area contributed by atoms with Crippen LogP contribution in [0.5, 0.6) is 0 Å². The van der Waals surface area contributed by atoms with Gasteiger partial charge in [-0.2, -0.15) is 4.98 Å². The van der Waals surface area contributed by atoms with Gasteiger partial charge in [-0.3, -0.25) is 0 Å². The van der Waals surface area contributed by atoms with Crippen molar-refractivity contribution < 1.29 is 17.7 Å². The Morgan fingerprint density at radius 3 is 2.43 bits per heavy atom. The zero-order valence-electron chi connectivity index (χ0n) is 12.6. The molecule has 0 radical (unpaired) electrons. The molecule has 0 aromatic carbocycles. The lowest BCUT2D eigenvalue weighted by atomic mass is 9.96. The van der Waals surface area contributed by atoms with E-state index in [2.05, 4.69) is 25.5 Å². The van der Waals surface area contributed by atoms with Crippen molar-refractivity contribution in [3.63, 3.8) is 0 Å². The van der Waals surface area contributed by atoms with Crippen LogP contribution in [0.3, 0.4) is 0 Å². The Balaban J connectivity index is 2.29. The van der Waals surface area contributed by atoms with Gasteiger partial charge in [0.15, 0.2) is 5.82 Å². The zero-order valence-corrected chi connectivity index (χ0v) is 13.4. The van der Waals surface area contributed by atoms with Crippen molar-refractivity contribution in [1.82, 2.24) is 25.5 Å². The third kappa shape index (κ3) is 7.04. The minimum absolute atomic E-state index is 0.106. The fourth-order valence-corrected chi connectivity index (χ4v) is 1.74. The van der Waals surface area contributed by atoms with Gasteiger partial charge in [-0.25, -0.2) is 17.9 Å². The number of hydrogen-bond donors (Lipinski definition) is 3. The van der Waals surface area contributed by atoms with Gasteiger partial charge in [0, 0.05) is 18.5 Å². The molecule has 0 unspecified atom stereocenters. The Labute approximate surface area is 123 Å². The fraction of sp³-hybridized carbons (Fsp3) is 0.727. The van der Waals surface area contributed by atoms with Crippen molar-refractivity contribution in [2.75, 3.05) is 19.3 Å². The Morgan fingerprint density at radius 2 is 1.90 bits per heavy atom. The smallest absolute Gasteiger partial charge is 0.315 e. The Kier molecular flexibility index (Phi) is 5.67. The number of aromatic nitrogens is 2. The summed E-state index contributed by atoms with van der Waals surface area (Å²) in [6.07, 6.45) is 1.05. The summed E-state index contributed by atoms with van der Waals surface area (Å²) in [6, 6.07) is -0.444. The summed E-state index contributed by atoms with van der Waals surface area (Å²) in [5.74, 6) is 0.876. The number of nitrogens with zero attached hydrogens (tertiary/aromatic N) is 2. The summed E-state index contributed by atoms with van der Waals surface area (Å²) in [6.45, 7) is 6.27. The monoisotopic (exact) mass is 319 g/mol. The SMILES string of the molecule is CC(C)(C)c1noc(CNC(=O)NCCNS(C)(=O)=O)n1. The van der Waals surface area contributed by atoms with Crippen LogP contribution in [-0.4, -0.2) is 43.9 Å². The van der Waals surface area contributed by atoms with E-state index in [0.29, 0.717) is 11.7 Å². The summed E-state index contributed by atoms with van der Waals surface area (Å²) >= 11 is 0. The van der Waals surface area contributed by atoms with Gasteiger partial charge in [0.05, 0.1) is 12.8 Å². The van der Waals surface area contributed by atoms with Crippen LogP contribution < -0.4 is 15.4 Å². The second-order valence-corrected chi connectivity index (χ2v) is 7.37. The zero-order chi connectivity index (χ0) is 16.1. The molecule has 9 nitrogen and oxygen atoms in total. The van der Waals surface area contributed by atoms with Crippen molar-refractivity contribution in [3.05, 3.63) is 11.7 Å². The van der Waals surface area contributed by atoms with Crippen LogP contribution in [0.15, 0.2) is 4.52 Å². The fourth-order valence-electron chi connectivity index (χ4n) is 1.26. The number of nitrogens with one attached hydrogen (secondary N) is 3. The van der Waals surface area contributed by atoms with E-state index in [1.54, 1.807) is 0 Å². The summed E-state index contributed by atoms with van der Waals surface area (Å²) in [5, 5.41) is 8.87. The van der Waals surface area contributed by atoms with Crippen molar-refractivity contribution in [3.8, 4) is 0 Å². The molecule has 2 amide bonds. The molecule has 0 spiro atoms. The average Bonchev–Trinajstić information content (AvgIpc) is 2.79. The Bertz CT molecular complexity index is 576. The summed E-state index contributed by atoms with van der Waals surface area (Å²) < 4.78 is 28.9. The third-order valence-corrected chi connectivity index (χ3v) is 3.04. The molecule has 1 aromatic rings. The van der Waals surface area contributed by atoms with Crippen LogP contribution >= 0.6 is 0 Å². The van der Waals surface area contributed by atoms with E-state index in [0.717, 1.165) is 6.26 Å². The largest absolute Gasteiger partial charge is 0.337 e. The molecule has 21 heavy (non-hydrogen) atoms. The lowest BCUT2D eigenvalue weighted by molar-refractivity contribution is 0.238. The number of carbonyl (C=O) groups excluding carboxylic acids is 1. The van der Waals surface area contributed by atoms with Crippen LogP contribution in [0.4, 0.5) is 4.79 Å². The molecular weight excluding hydrogens is 298 g/mol. The van der Waals surface area contributed by atoms with Gasteiger partial charge in [-0.05, 0) is 0 Å². The molecule has 0 saturated heterocycles. The van der Waals surface area contributed by atoms with E-state index < -0.39 is 16.1 Å². The van der Waals surface area contributed by atoms with Gasteiger partial charge in [0.25, 0.3) is 0 Å². The molecule has 1 aromatic heterocycles. The number of hydrogen-bond acceptors (Lipinski definition) is 6. The van der Waals surface area contributed by atoms with Crippen LogP contribution in [-0.2, 0) is 22.0 Å². The molecule has 0 aliphatic heterocycles. The van der Waals surface area contributed by atoms with Crippen LogP contribution in [0, 0.1) is 0 Å². The highest BCUT2D eigenvalue weighted by Crippen LogP contribution is 2.18. The van der Waals surface area contributed by atoms with Crippen molar-refractivity contribution in [2.45, 2.75) is 32.7 Å². The van der Waals surface area contributed by atoms with Crippen LogP contribution in [0.2, 0.25) is 0 Å². The van der Waals surface area contributed by atoms with E-state index in [1.165, 1.54) is 0 Å². The molecule has 1 rings (SSSR count). The predicted octanol–water partition coefficient (Wildman–Crippen LogP) is -0.284. The van der Waals surface area contributed by atoms with Gasteiger partial charge >= 0.3 is 6.03 Å². The van der Waals surface area contributed by atoms with E-state index in [-0.39, 0.29) is 25.0 Å². The van der Waals surface area contributed by atoms with Gasteiger partial charge in [0.2, 0.25) is 15.9 Å². The summed E-state index contributed by atoms with van der Waals surface area (Å²) in [5.41, 5.74) is -0.221. The van der Waals surface area contributed by atoms with Gasteiger partial charge in [-0.15, -0.1) is 0 Å². The van der Waals surface area contributed by atoms with E-state index in [4.69, 9.17) is 4.52 Å². The highest BCUT2D eigenvalue weighted by molar-refractivity contribution is 7.88. The first kappa shape index (κ1) is 17.4. The van der Waals surface area contributed by atoms with Crippen LogP contribution in [0.1, 0.15) is 32.5 Å². The van der Waals surface area contributed by atoms with Gasteiger partial charge in [0.1, 0.15) is 0 Å². The lowest BCUT2D eigenvalue weighted by Crippen LogP contribution is -2.39. The van der Waals surface area contributed by atoms with Crippen molar-refractivity contribution >= 4 is 16.1 Å². The second-order valence-electron chi connectivity index (χ2n) is 5.54. The molecule has 0 saturated carbocycles. The summed E-state index contributed by atoms with van der Waals surface area (Å²) in [7, 11) is -3.24. The number of amides is 2. The number of sulfonamides is 1. The van der Waals surface area contributed by atoms with E-state index in [1.807, 2.05) is 20.8 Å². The van der Waals surface area contributed by atoms with E-state index in [9.17, 15) is 13.2 Å². The number of urea groups is 1. The summed E-state index contributed by atoms with van der Waals surface area (Å²) in [4.78, 5) is 15.6. The van der Waals surface area contributed by atoms with Gasteiger partial charge in [-0.1, -0.05) is 25.9 Å². The number of carbonyl (C=O) groups is 1. The first-order chi connectivity index (χ1) is 9.58. The molecule has 0 bridgehead atoms. The number of rotatable bonds is 6. The van der Waals surface area contributed by atoms with E-state index >= 15 is 0 Å². The predicted molar refractivity (Wildman–Crippen MR) is 76.1 cm³/mol. The highest BCUT2D eigenvalue weighted by atomic mass is 32.2. The van der Waals surface area contributed by atoms with Gasteiger partial charge < -0.3 is 15.2 Å². The van der Waals surface area contributed by atoms with Crippen molar-refractivity contribution in [2.24, 2.45) is 0 Å². The second kappa shape index (κ2) is 6.85. The average molecular weight is 319 g/mol. The van der Waals surface area contributed by atoms with Crippen LogP contribution in [0.25, 0.3) is 0 Å². The molecule has 0 atom stereocenters. The minimum atomic E-state index is -3.24. The molecule has 120 valence electrons. The molecule has 3 N–H and O–H groups in total. The highest BCUT2D eigenvalue weighted by Gasteiger charge is 2.20. The maximum atomic E-state index is 11.5. The maximum Gasteiger partial charge on any atom is 0.315 e. The first-order valence-corrected chi connectivity index (χ1v) is 8.26. The quantitative estimate of drug-likeness (QED) is 0.619. The van der Waals surface area contributed by atoms with Crippen molar-refractivity contribution in [1.29, 1.82) is 0 Å². The molecule has 1 heterocycles. The Hall–Kier alpha value is -1.68. The minimum Gasteiger partial charge on any atom is -0.337 e. The standard InChI is InChI=1S/C11H21N5O4S/c1-11(2,3)9-15-8(20-16-9)7-13-10(17)12-5-6-14-21(4,18)19/h14H,5-7H2,1-4H3,(H2,12,13,17).